The first-order valence-electron chi connectivity index (χ1n) is 6.55. The molecule has 18 heavy (non-hydrogen) atoms. The van der Waals surface area contributed by atoms with Crippen molar-refractivity contribution in [3.05, 3.63) is 21.4 Å². The van der Waals surface area contributed by atoms with Gasteiger partial charge in [0.15, 0.2) is 0 Å². The molecular weight excluding hydrogens is 310 g/mol. The molecule has 1 aliphatic carbocycles. The number of hydrogen-bond donors (Lipinski definition) is 1. The van der Waals surface area contributed by atoms with Crippen molar-refractivity contribution >= 4 is 33.2 Å². The van der Waals surface area contributed by atoms with E-state index in [4.69, 9.17) is 0 Å². The van der Waals surface area contributed by atoms with Crippen molar-refractivity contribution in [2.75, 3.05) is 5.33 Å². The molecule has 1 fully saturated rings. The number of halogens is 1. The first-order valence-corrected chi connectivity index (χ1v) is 8.49. The highest BCUT2D eigenvalue weighted by Crippen LogP contribution is 2.27. The summed E-state index contributed by atoms with van der Waals surface area (Å²) in [4.78, 5) is 14.3. The molecule has 0 radical (unpaired) electrons. The van der Waals surface area contributed by atoms with Crippen LogP contribution < -0.4 is 5.32 Å². The summed E-state index contributed by atoms with van der Waals surface area (Å²) in [6, 6.07) is 2.34. The maximum atomic E-state index is 12.2. The summed E-state index contributed by atoms with van der Waals surface area (Å²) in [6.07, 6.45) is 4.86. The van der Waals surface area contributed by atoms with Gasteiger partial charge in [0.05, 0.1) is 4.88 Å². The molecule has 2 rings (SSSR count). The molecule has 4 heteroatoms. The minimum atomic E-state index is 0.106. The standard InChI is InChI=1S/C14H20BrNOS/c1-9-7-13(18-10(9)2)14(17)16-12-6-4-3-5-11(12)8-15/h7,11-12H,3-6,8H2,1-2H3,(H,16,17). The normalized spacial score (nSPS) is 23.9. The van der Waals surface area contributed by atoms with Gasteiger partial charge in [-0.25, -0.2) is 0 Å². The zero-order chi connectivity index (χ0) is 13.1. The highest BCUT2D eigenvalue weighted by Gasteiger charge is 2.26. The van der Waals surface area contributed by atoms with E-state index in [0.29, 0.717) is 12.0 Å². The van der Waals surface area contributed by atoms with Crippen molar-refractivity contribution in [1.82, 2.24) is 5.32 Å². The molecule has 0 saturated heterocycles. The molecule has 1 amide bonds. The molecule has 1 aromatic heterocycles. The van der Waals surface area contributed by atoms with E-state index >= 15 is 0 Å². The average Bonchev–Trinajstić information content (AvgIpc) is 2.70. The summed E-state index contributed by atoms with van der Waals surface area (Å²) in [6.45, 7) is 4.13. The molecule has 1 heterocycles. The van der Waals surface area contributed by atoms with Crippen molar-refractivity contribution in [3.63, 3.8) is 0 Å². The van der Waals surface area contributed by atoms with Crippen molar-refractivity contribution in [2.45, 2.75) is 45.6 Å². The lowest BCUT2D eigenvalue weighted by molar-refractivity contribution is 0.0916. The molecule has 0 aromatic carbocycles. The van der Waals surface area contributed by atoms with Crippen molar-refractivity contribution in [2.24, 2.45) is 5.92 Å². The van der Waals surface area contributed by atoms with Crippen LogP contribution in [0.5, 0.6) is 0 Å². The molecule has 0 spiro atoms. The van der Waals surface area contributed by atoms with Crippen LogP contribution in [0, 0.1) is 19.8 Å². The van der Waals surface area contributed by atoms with Crippen LogP contribution in [0.25, 0.3) is 0 Å². The summed E-state index contributed by atoms with van der Waals surface area (Å²) in [5.74, 6) is 0.693. The number of carbonyl (C=O) groups excluding carboxylic acids is 1. The van der Waals surface area contributed by atoms with Gasteiger partial charge in [0.25, 0.3) is 5.91 Å². The predicted molar refractivity (Wildman–Crippen MR) is 80.8 cm³/mol. The Labute approximate surface area is 121 Å². The Hall–Kier alpha value is -0.350. The number of carbonyl (C=O) groups is 1. The summed E-state index contributed by atoms with van der Waals surface area (Å²) in [7, 11) is 0. The first kappa shape index (κ1) is 14.1. The Morgan fingerprint density at radius 3 is 2.78 bits per heavy atom. The Morgan fingerprint density at radius 1 is 1.44 bits per heavy atom. The lowest BCUT2D eigenvalue weighted by atomic mass is 9.86. The number of aryl methyl sites for hydroxylation is 2. The highest BCUT2D eigenvalue weighted by molar-refractivity contribution is 9.09. The fourth-order valence-electron chi connectivity index (χ4n) is 2.51. The number of nitrogens with one attached hydrogen (secondary N) is 1. The van der Waals surface area contributed by atoms with E-state index in [9.17, 15) is 4.79 Å². The smallest absolute Gasteiger partial charge is 0.261 e. The van der Waals surface area contributed by atoms with E-state index in [-0.39, 0.29) is 5.91 Å². The lowest BCUT2D eigenvalue weighted by Crippen LogP contribution is -2.42. The average molecular weight is 330 g/mol. The SMILES string of the molecule is Cc1cc(C(=O)NC2CCCCC2CBr)sc1C. The topological polar surface area (TPSA) is 29.1 Å². The molecule has 100 valence electrons. The largest absolute Gasteiger partial charge is 0.348 e. The van der Waals surface area contributed by atoms with Crippen molar-refractivity contribution in [1.29, 1.82) is 0 Å². The molecule has 1 N–H and O–H groups in total. The quantitative estimate of drug-likeness (QED) is 0.833. The van der Waals surface area contributed by atoms with Gasteiger partial charge in [-0.05, 0) is 44.2 Å². The molecule has 2 atom stereocenters. The van der Waals surface area contributed by atoms with Gasteiger partial charge in [-0.3, -0.25) is 4.79 Å². The Bertz CT molecular complexity index is 410. The van der Waals surface area contributed by atoms with Crippen LogP contribution in [0.4, 0.5) is 0 Å². The van der Waals surface area contributed by atoms with E-state index in [2.05, 4.69) is 35.1 Å². The zero-order valence-corrected chi connectivity index (χ0v) is 13.4. The predicted octanol–water partition coefficient (Wildman–Crippen LogP) is 4.05. The molecule has 2 unspecified atom stereocenters. The van der Waals surface area contributed by atoms with Crippen LogP contribution in [-0.2, 0) is 0 Å². The van der Waals surface area contributed by atoms with Crippen LogP contribution in [0.2, 0.25) is 0 Å². The third-order valence-corrected chi connectivity index (χ3v) is 5.80. The third kappa shape index (κ3) is 3.15. The summed E-state index contributed by atoms with van der Waals surface area (Å²) in [5.41, 5.74) is 1.21. The van der Waals surface area contributed by atoms with Crippen LogP contribution in [-0.4, -0.2) is 17.3 Å². The third-order valence-electron chi connectivity index (χ3n) is 3.81. The van der Waals surface area contributed by atoms with Crippen LogP contribution in [0.15, 0.2) is 6.07 Å². The van der Waals surface area contributed by atoms with Crippen LogP contribution >= 0.6 is 27.3 Å². The molecular formula is C14H20BrNOS. The number of alkyl halides is 1. The second-order valence-electron chi connectivity index (χ2n) is 5.13. The zero-order valence-electron chi connectivity index (χ0n) is 11.0. The Balaban J connectivity index is 2.01. The van der Waals surface area contributed by atoms with Crippen molar-refractivity contribution in [3.8, 4) is 0 Å². The second-order valence-corrected chi connectivity index (χ2v) is 7.03. The van der Waals surface area contributed by atoms with Gasteiger partial charge in [0, 0.05) is 16.2 Å². The molecule has 1 aliphatic rings. The molecule has 0 aliphatic heterocycles. The van der Waals surface area contributed by atoms with E-state index in [1.165, 1.54) is 29.7 Å². The first-order chi connectivity index (χ1) is 8.61. The van der Waals surface area contributed by atoms with E-state index in [1.54, 1.807) is 11.3 Å². The maximum Gasteiger partial charge on any atom is 0.261 e. The Kier molecular flexibility index (Phi) is 4.84. The van der Waals surface area contributed by atoms with Crippen LogP contribution in [0.1, 0.15) is 45.8 Å². The maximum absolute atomic E-state index is 12.2. The van der Waals surface area contributed by atoms with Gasteiger partial charge in [0.2, 0.25) is 0 Å². The number of amides is 1. The lowest BCUT2D eigenvalue weighted by Gasteiger charge is -2.30. The monoisotopic (exact) mass is 329 g/mol. The summed E-state index contributed by atoms with van der Waals surface area (Å²) in [5, 5.41) is 4.20. The Morgan fingerprint density at radius 2 is 2.17 bits per heavy atom. The number of thiophene rings is 1. The van der Waals surface area contributed by atoms with Gasteiger partial charge < -0.3 is 5.32 Å². The van der Waals surface area contributed by atoms with E-state index in [1.807, 2.05) is 6.07 Å². The molecule has 0 bridgehead atoms. The number of hydrogen-bond acceptors (Lipinski definition) is 2. The van der Waals surface area contributed by atoms with Gasteiger partial charge in [-0.15, -0.1) is 11.3 Å². The van der Waals surface area contributed by atoms with Gasteiger partial charge in [0.1, 0.15) is 0 Å². The minimum Gasteiger partial charge on any atom is -0.348 e. The van der Waals surface area contributed by atoms with Crippen LogP contribution in [0.3, 0.4) is 0 Å². The van der Waals surface area contributed by atoms with E-state index in [0.717, 1.165) is 16.6 Å². The summed E-state index contributed by atoms with van der Waals surface area (Å²) < 4.78 is 0. The highest BCUT2D eigenvalue weighted by atomic mass is 79.9. The molecule has 2 nitrogen and oxygen atoms in total. The fraction of sp³-hybridized carbons (Fsp3) is 0.643. The number of rotatable bonds is 3. The fourth-order valence-corrected chi connectivity index (χ4v) is 4.22. The van der Waals surface area contributed by atoms with E-state index < -0.39 is 0 Å². The second kappa shape index (κ2) is 6.20. The molecule has 1 aromatic rings. The molecule has 1 saturated carbocycles. The summed E-state index contributed by atoms with van der Waals surface area (Å²) >= 11 is 5.16. The van der Waals surface area contributed by atoms with Gasteiger partial charge >= 0.3 is 0 Å². The minimum absolute atomic E-state index is 0.106. The van der Waals surface area contributed by atoms with Crippen molar-refractivity contribution < 1.29 is 4.79 Å². The van der Waals surface area contributed by atoms with Gasteiger partial charge in [-0.2, -0.15) is 0 Å². The van der Waals surface area contributed by atoms with Gasteiger partial charge in [-0.1, -0.05) is 28.8 Å².